The molecule has 1 saturated heterocycles. The molecule has 0 amide bonds. The van der Waals surface area contributed by atoms with Crippen molar-refractivity contribution < 1.29 is 13.5 Å². The van der Waals surface area contributed by atoms with E-state index >= 15 is 0 Å². The quantitative estimate of drug-likeness (QED) is 0.728. The highest BCUT2D eigenvalue weighted by Gasteiger charge is 2.30. The van der Waals surface area contributed by atoms with Gasteiger partial charge in [0.05, 0.1) is 0 Å². The summed E-state index contributed by atoms with van der Waals surface area (Å²) in [6.07, 6.45) is 6.83. The highest BCUT2D eigenvalue weighted by Crippen LogP contribution is 2.28. The third kappa shape index (κ3) is 4.92. The molecule has 5 heteroatoms. The number of alkyl halides is 2. The Morgan fingerprint density at radius 2 is 1.90 bits per heavy atom. The normalized spacial score (nSPS) is 23.2. The summed E-state index contributed by atoms with van der Waals surface area (Å²) in [4.78, 5) is 2.55. The van der Waals surface area contributed by atoms with Crippen molar-refractivity contribution in [3.63, 3.8) is 0 Å². The minimum atomic E-state index is -2.72. The second kappa shape index (κ2) is 8.08. The van der Waals surface area contributed by atoms with E-state index in [4.69, 9.17) is 4.74 Å². The van der Waals surface area contributed by atoms with Gasteiger partial charge in [-0.1, -0.05) is 12.8 Å². The molecule has 0 aromatic carbocycles. The van der Waals surface area contributed by atoms with Crippen LogP contribution in [0.2, 0.25) is 0 Å². The van der Waals surface area contributed by atoms with Crippen molar-refractivity contribution in [1.29, 1.82) is 0 Å². The van der Waals surface area contributed by atoms with Gasteiger partial charge in [0.2, 0.25) is 0 Å². The zero-order valence-corrected chi connectivity index (χ0v) is 13.2. The summed E-state index contributed by atoms with van der Waals surface area (Å²) in [5.41, 5.74) is 0.853. The molecule has 3 nitrogen and oxygen atoms in total. The fourth-order valence-corrected chi connectivity index (χ4v) is 3.59. The molecule has 1 atom stereocenters. The molecule has 0 aromatic rings. The van der Waals surface area contributed by atoms with Gasteiger partial charge >= 0.3 is 6.61 Å². The minimum Gasteiger partial charge on any atom is -0.439 e. The number of nitrogens with zero attached hydrogens (tertiary/aromatic N) is 1. The molecule has 0 bridgehead atoms. The summed E-state index contributed by atoms with van der Waals surface area (Å²) in [5.74, 6) is 0.457. The molecule has 2 rings (SSSR count). The second-order valence-electron chi connectivity index (χ2n) is 6.37. The Morgan fingerprint density at radius 3 is 2.43 bits per heavy atom. The Balaban J connectivity index is 1.95. The van der Waals surface area contributed by atoms with Crippen molar-refractivity contribution in [1.82, 2.24) is 10.2 Å². The molecular formula is C16H28F2N2O. The first kappa shape index (κ1) is 16.7. The maximum absolute atomic E-state index is 12.5. The van der Waals surface area contributed by atoms with Gasteiger partial charge in [-0.2, -0.15) is 8.78 Å². The standard InChI is InChI=1S/C16H28F2N2O/c1-12(2)15(21-16(17)18)8-10-20(13-5-3-4-6-13)14-7-9-19-11-14/h13-14,16,19H,3-11H2,1-2H3/t14-/m0/s1. The van der Waals surface area contributed by atoms with Crippen LogP contribution in [0.15, 0.2) is 11.3 Å². The summed E-state index contributed by atoms with van der Waals surface area (Å²) in [6, 6.07) is 1.18. The van der Waals surface area contributed by atoms with Gasteiger partial charge in [0.1, 0.15) is 5.76 Å². The molecule has 0 unspecified atom stereocenters. The molecule has 21 heavy (non-hydrogen) atoms. The third-order valence-corrected chi connectivity index (χ3v) is 4.68. The predicted molar refractivity (Wildman–Crippen MR) is 80.3 cm³/mol. The SMILES string of the molecule is CC(C)=C(CCN(C1CCCC1)[C@H]1CCNC1)OC(F)F. The van der Waals surface area contributed by atoms with Crippen LogP contribution in [0.25, 0.3) is 0 Å². The monoisotopic (exact) mass is 302 g/mol. The van der Waals surface area contributed by atoms with Crippen molar-refractivity contribution in [2.45, 2.75) is 71.1 Å². The second-order valence-corrected chi connectivity index (χ2v) is 6.37. The Labute approximate surface area is 126 Å². The molecule has 1 aliphatic carbocycles. The van der Waals surface area contributed by atoms with E-state index in [2.05, 4.69) is 10.2 Å². The van der Waals surface area contributed by atoms with Crippen molar-refractivity contribution in [3.05, 3.63) is 11.3 Å². The van der Waals surface area contributed by atoms with Crippen molar-refractivity contribution in [2.75, 3.05) is 19.6 Å². The van der Waals surface area contributed by atoms with Crippen molar-refractivity contribution >= 4 is 0 Å². The van der Waals surface area contributed by atoms with Crippen LogP contribution < -0.4 is 5.32 Å². The van der Waals surface area contributed by atoms with Crippen LogP contribution in [-0.4, -0.2) is 43.2 Å². The van der Waals surface area contributed by atoms with Gasteiger partial charge in [0.25, 0.3) is 0 Å². The molecule has 1 aliphatic heterocycles. The lowest BCUT2D eigenvalue weighted by atomic mass is 10.1. The van der Waals surface area contributed by atoms with E-state index in [-0.39, 0.29) is 0 Å². The molecule has 1 heterocycles. The molecular weight excluding hydrogens is 274 g/mol. The fraction of sp³-hybridized carbons (Fsp3) is 0.875. The maximum Gasteiger partial charge on any atom is 0.387 e. The highest BCUT2D eigenvalue weighted by atomic mass is 19.3. The Kier molecular flexibility index (Phi) is 6.42. The minimum absolute atomic E-state index is 0.457. The summed E-state index contributed by atoms with van der Waals surface area (Å²) >= 11 is 0. The van der Waals surface area contributed by atoms with Crippen LogP contribution in [0, 0.1) is 0 Å². The molecule has 0 aromatic heterocycles. The highest BCUT2D eigenvalue weighted by molar-refractivity contribution is 5.03. The summed E-state index contributed by atoms with van der Waals surface area (Å²) in [5, 5.41) is 3.41. The lowest BCUT2D eigenvalue weighted by Crippen LogP contribution is -2.44. The number of nitrogens with one attached hydrogen (secondary N) is 1. The molecule has 2 aliphatic rings. The van der Waals surface area contributed by atoms with Crippen LogP contribution in [-0.2, 0) is 4.74 Å². The van der Waals surface area contributed by atoms with Crippen molar-refractivity contribution in [3.8, 4) is 0 Å². The van der Waals surface area contributed by atoms with Gasteiger partial charge in [0, 0.05) is 31.6 Å². The molecule has 122 valence electrons. The lowest BCUT2D eigenvalue weighted by Gasteiger charge is -2.34. The van der Waals surface area contributed by atoms with Gasteiger partial charge in [-0.15, -0.1) is 0 Å². The largest absolute Gasteiger partial charge is 0.439 e. The van der Waals surface area contributed by atoms with Gasteiger partial charge in [-0.05, 0) is 45.2 Å². The number of ether oxygens (including phenoxy) is 1. The van der Waals surface area contributed by atoms with E-state index in [1.807, 2.05) is 13.8 Å². The summed E-state index contributed by atoms with van der Waals surface area (Å²) in [6.45, 7) is 3.88. The zero-order chi connectivity index (χ0) is 15.2. The first-order chi connectivity index (χ1) is 10.1. The Morgan fingerprint density at radius 1 is 1.19 bits per heavy atom. The van der Waals surface area contributed by atoms with Crippen LogP contribution in [0.5, 0.6) is 0 Å². The maximum atomic E-state index is 12.5. The van der Waals surface area contributed by atoms with E-state index in [0.717, 1.165) is 31.6 Å². The fourth-order valence-electron chi connectivity index (χ4n) is 3.59. The van der Waals surface area contributed by atoms with Gasteiger partial charge < -0.3 is 10.1 Å². The topological polar surface area (TPSA) is 24.5 Å². The number of rotatable bonds is 7. The predicted octanol–water partition coefficient (Wildman–Crippen LogP) is 3.52. The number of halogens is 2. The Bertz CT molecular complexity index is 328. The van der Waals surface area contributed by atoms with Crippen LogP contribution in [0.3, 0.4) is 0 Å². The number of allylic oxidation sites excluding steroid dienone is 1. The first-order valence-electron chi connectivity index (χ1n) is 8.15. The smallest absolute Gasteiger partial charge is 0.387 e. The van der Waals surface area contributed by atoms with Crippen LogP contribution in [0.1, 0.15) is 52.4 Å². The van der Waals surface area contributed by atoms with E-state index in [9.17, 15) is 8.78 Å². The lowest BCUT2D eigenvalue weighted by molar-refractivity contribution is -0.100. The van der Waals surface area contributed by atoms with E-state index in [0.29, 0.717) is 24.3 Å². The zero-order valence-electron chi connectivity index (χ0n) is 13.2. The summed E-state index contributed by atoms with van der Waals surface area (Å²) in [7, 11) is 0. The molecule has 0 radical (unpaired) electrons. The number of hydrogen-bond acceptors (Lipinski definition) is 3. The van der Waals surface area contributed by atoms with E-state index in [1.54, 1.807) is 0 Å². The van der Waals surface area contributed by atoms with Crippen LogP contribution >= 0.6 is 0 Å². The summed E-state index contributed by atoms with van der Waals surface area (Å²) < 4.78 is 29.7. The average molecular weight is 302 g/mol. The third-order valence-electron chi connectivity index (χ3n) is 4.68. The molecule has 2 fully saturated rings. The average Bonchev–Trinajstić information content (AvgIpc) is 3.10. The van der Waals surface area contributed by atoms with Gasteiger partial charge in [-0.3, -0.25) is 4.90 Å². The Hall–Kier alpha value is -0.680. The molecule has 1 N–H and O–H groups in total. The number of hydrogen-bond donors (Lipinski definition) is 1. The molecule has 1 saturated carbocycles. The van der Waals surface area contributed by atoms with Crippen LogP contribution in [0.4, 0.5) is 8.78 Å². The van der Waals surface area contributed by atoms with Gasteiger partial charge in [0.15, 0.2) is 0 Å². The van der Waals surface area contributed by atoms with E-state index in [1.165, 1.54) is 25.7 Å². The van der Waals surface area contributed by atoms with Gasteiger partial charge in [-0.25, -0.2) is 0 Å². The first-order valence-corrected chi connectivity index (χ1v) is 8.15. The molecule has 0 spiro atoms. The van der Waals surface area contributed by atoms with E-state index < -0.39 is 6.61 Å². The van der Waals surface area contributed by atoms with Crippen molar-refractivity contribution in [2.24, 2.45) is 0 Å².